The van der Waals surface area contributed by atoms with Crippen LogP contribution in [0, 0.1) is 5.92 Å². The number of hydrogen-bond acceptors (Lipinski definition) is 3. The molecule has 3 heteroatoms. The summed E-state index contributed by atoms with van der Waals surface area (Å²) < 4.78 is 5.31. The van der Waals surface area contributed by atoms with Crippen LogP contribution in [0.2, 0.25) is 0 Å². The van der Waals surface area contributed by atoms with Gasteiger partial charge in [0.25, 0.3) is 0 Å². The van der Waals surface area contributed by atoms with Crippen molar-refractivity contribution in [3.05, 3.63) is 29.8 Å². The quantitative estimate of drug-likeness (QED) is 0.783. The van der Waals surface area contributed by atoms with E-state index < -0.39 is 0 Å². The molecule has 114 valence electrons. The summed E-state index contributed by atoms with van der Waals surface area (Å²) in [4.78, 5) is 0. The minimum atomic E-state index is 0.186. The number of methoxy groups -OCH3 is 1. The van der Waals surface area contributed by atoms with E-state index in [9.17, 15) is 0 Å². The monoisotopic (exact) mass is 295 g/mol. The van der Waals surface area contributed by atoms with Crippen LogP contribution in [-0.2, 0) is 6.42 Å². The fourth-order valence-electron chi connectivity index (χ4n) is 2.14. The van der Waals surface area contributed by atoms with Crippen LogP contribution >= 0.6 is 11.8 Å². The highest BCUT2D eigenvalue weighted by molar-refractivity contribution is 7.98. The maximum atomic E-state index is 5.31. The lowest BCUT2D eigenvalue weighted by Crippen LogP contribution is -2.39. The minimum absolute atomic E-state index is 0.186. The molecule has 0 heterocycles. The second-order valence-corrected chi connectivity index (χ2v) is 7.32. The molecule has 1 unspecified atom stereocenters. The molecule has 1 rings (SSSR count). The zero-order valence-electron chi connectivity index (χ0n) is 13.5. The molecule has 1 aromatic rings. The second kappa shape index (κ2) is 8.58. The van der Waals surface area contributed by atoms with E-state index in [0.29, 0.717) is 5.92 Å². The van der Waals surface area contributed by atoms with Crippen molar-refractivity contribution in [2.45, 2.75) is 39.2 Å². The van der Waals surface area contributed by atoms with Crippen LogP contribution in [0.4, 0.5) is 0 Å². The molecule has 20 heavy (non-hydrogen) atoms. The van der Waals surface area contributed by atoms with E-state index in [2.05, 4.69) is 50.5 Å². The van der Waals surface area contributed by atoms with E-state index in [1.165, 1.54) is 17.7 Å². The molecule has 0 amide bonds. The van der Waals surface area contributed by atoms with Gasteiger partial charge in [0.2, 0.25) is 0 Å². The van der Waals surface area contributed by atoms with Crippen LogP contribution in [-0.4, -0.2) is 31.2 Å². The number of thioether (sulfide) groups is 1. The van der Waals surface area contributed by atoms with Crippen LogP contribution in [0.5, 0.6) is 5.75 Å². The van der Waals surface area contributed by atoms with Gasteiger partial charge in [0, 0.05) is 5.54 Å². The first-order valence-electron chi connectivity index (χ1n) is 7.31. The van der Waals surface area contributed by atoms with Crippen molar-refractivity contribution < 1.29 is 4.74 Å². The second-order valence-electron chi connectivity index (χ2n) is 6.33. The summed E-state index contributed by atoms with van der Waals surface area (Å²) in [6, 6.07) is 8.44. The highest BCUT2D eigenvalue weighted by Gasteiger charge is 2.15. The van der Waals surface area contributed by atoms with E-state index in [4.69, 9.17) is 4.74 Å². The first kappa shape index (κ1) is 17.4. The Kier molecular flexibility index (Phi) is 7.46. The van der Waals surface area contributed by atoms with Crippen molar-refractivity contribution in [2.75, 3.05) is 25.7 Å². The van der Waals surface area contributed by atoms with Gasteiger partial charge in [0.05, 0.1) is 7.11 Å². The van der Waals surface area contributed by atoms with E-state index in [1.54, 1.807) is 7.11 Å². The first-order valence-corrected chi connectivity index (χ1v) is 8.71. The molecule has 0 aliphatic carbocycles. The van der Waals surface area contributed by atoms with Gasteiger partial charge in [-0.05, 0) is 75.8 Å². The molecule has 1 atom stereocenters. The summed E-state index contributed by atoms with van der Waals surface area (Å²) in [5.74, 6) is 2.85. The predicted octanol–water partition coefficient (Wildman–Crippen LogP) is 4.00. The Bertz CT molecular complexity index is 387. The molecule has 0 saturated heterocycles. The normalized spacial score (nSPS) is 13.2. The molecule has 1 aromatic carbocycles. The van der Waals surface area contributed by atoms with Gasteiger partial charge in [0.1, 0.15) is 5.75 Å². The Hall–Kier alpha value is -0.670. The summed E-state index contributed by atoms with van der Waals surface area (Å²) >= 11 is 1.93. The van der Waals surface area contributed by atoms with Gasteiger partial charge in [0.15, 0.2) is 0 Å². The Morgan fingerprint density at radius 1 is 1.30 bits per heavy atom. The Labute approximate surface area is 128 Å². The Balaban J connectivity index is 2.62. The molecule has 0 radical (unpaired) electrons. The van der Waals surface area contributed by atoms with Crippen LogP contribution < -0.4 is 10.1 Å². The van der Waals surface area contributed by atoms with Crippen molar-refractivity contribution in [1.29, 1.82) is 0 Å². The number of nitrogens with one attached hydrogen (secondary N) is 1. The molecule has 1 N–H and O–H groups in total. The van der Waals surface area contributed by atoms with Crippen molar-refractivity contribution >= 4 is 11.8 Å². The minimum Gasteiger partial charge on any atom is -0.497 e. The van der Waals surface area contributed by atoms with Gasteiger partial charge in [-0.15, -0.1) is 0 Å². The molecular weight excluding hydrogens is 266 g/mol. The van der Waals surface area contributed by atoms with Gasteiger partial charge in [-0.3, -0.25) is 0 Å². The van der Waals surface area contributed by atoms with Gasteiger partial charge in [-0.1, -0.05) is 12.1 Å². The lowest BCUT2D eigenvalue weighted by Gasteiger charge is -2.25. The van der Waals surface area contributed by atoms with Crippen molar-refractivity contribution in [3.63, 3.8) is 0 Å². The maximum absolute atomic E-state index is 5.31. The number of hydrogen-bond donors (Lipinski definition) is 1. The number of rotatable bonds is 8. The van der Waals surface area contributed by atoms with Gasteiger partial charge in [-0.25, -0.2) is 0 Å². The average Bonchev–Trinajstić information content (AvgIpc) is 2.41. The predicted molar refractivity (Wildman–Crippen MR) is 90.9 cm³/mol. The molecule has 0 aliphatic heterocycles. The highest BCUT2D eigenvalue weighted by atomic mass is 32.2. The van der Waals surface area contributed by atoms with Crippen molar-refractivity contribution in [3.8, 4) is 5.75 Å². The van der Waals surface area contributed by atoms with Crippen LogP contribution in [0.1, 0.15) is 32.8 Å². The summed E-state index contributed by atoms with van der Waals surface area (Å²) in [5.41, 5.74) is 1.55. The van der Waals surface area contributed by atoms with Gasteiger partial charge >= 0.3 is 0 Å². The van der Waals surface area contributed by atoms with E-state index in [1.807, 2.05) is 17.8 Å². The Morgan fingerprint density at radius 2 is 2.05 bits per heavy atom. The van der Waals surface area contributed by atoms with E-state index in [0.717, 1.165) is 18.7 Å². The molecule has 0 saturated carbocycles. The lowest BCUT2D eigenvalue weighted by molar-refractivity contribution is 0.363. The lowest BCUT2D eigenvalue weighted by atomic mass is 9.95. The van der Waals surface area contributed by atoms with Crippen molar-refractivity contribution in [2.24, 2.45) is 5.92 Å². The molecule has 0 spiro atoms. The SMILES string of the molecule is COc1cccc(CC(CCSC)CNC(C)(C)C)c1. The standard InChI is InChI=1S/C17H29NOS/c1-17(2,3)18-13-15(9-10-20-5)11-14-7-6-8-16(12-14)19-4/h6-8,12,15,18H,9-11,13H2,1-5H3. The van der Waals surface area contributed by atoms with E-state index >= 15 is 0 Å². The topological polar surface area (TPSA) is 21.3 Å². The molecular formula is C17H29NOS. The fraction of sp³-hybridized carbons (Fsp3) is 0.647. The molecule has 0 aliphatic rings. The molecule has 2 nitrogen and oxygen atoms in total. The third kappa shape index (κ3) is 7.20. The Morgan fingerprint density at radius 3 is 2.65 bits per heavy atom. The molecule has 0 fully saturated rings. The first-order chi connectivity index (χ1) is 9.44. The molecule has 0 bridgehead atoms. The van der Waals surface area contributed by atoms with E-state index in [-0.39, 0.29) is 5.54 Å². The molecule has 0 aromatic heterocycles. The zero-order chi connectivity index (χ0) is 15.0. The third-order valence-corrected chi connectivity index (χ3v) is 3.95. The number of benzene rings is 1. The van der Waals surface area contributed by atoms with Crippen molar-refractivity contribution in [1.82, 2.24) is 5.32 Å². The largest absolute Gasteiger partial charge is 0.497 e. The van der Waals surface area contributed by atoms with Gasteiger partial charge < -0.3 is 10.1 Å². The summed E-state index contributed by atoms with van der Waals surface area (Å²) in [6.45, 7) is 7.75. The van der Waals surface area contributed by atoms with Crippen LogP contribution in [0.3, 0.4) is 0 Å². The van der Waals surface area contributed by atoms with Crippen LogP contribution in [0.25, 0.3) is 0 Å². The average molecular weight is 295 g/mol. The summed E-state index contributed by atoms with van der Waals surface area (Å²) in [5, 5.41) is 3.64. The maximum Gasteiger partial charge on any atom is 0.119 e. The highest BCUT2D eigenvalue weighted by Crippen LogP contribution is 2.19. The number of ether oxygens (including phenoxy) is 1. The fourth-order valence-corrected chi connectivity index (χ4v) is 2.71. The summed E-state index contributed by atoms with van der Waals surface area (Å²) in [6.07, 6.45) is 4.54. The third-order valence-electron chi connectivity index (χ3n) is 3.31. The van der Waals surface area contributed by atoms with Gasteiger partial charge in [-0.2, -0.15) is 11.8 Å². The zero-order valence-corrected chi connectivity index (χ0v) is 14.3. The summed E-state index contributed by atoms with van der Waals surface area (Å²) in [7, 11) is 1.73. The smallest absolute Gasteiger partial charge is 0.119 e. The van der Waals surface area contributed by atoms with Crippen LogP contribution in [0.15, 0.2) is 24.3 Å².